The first-order valence-electron chi connectivity index (χ1n) is 10.5. The molecule has 2 N–H and O–H groups in total. The summed E-state index contributed by atoms with van der Waals surface area (Å²) < 4.78 is 26.7. The molecule has 7 heteroatoms. The molecule has 1 aliphatic heterocycles. The van der Waals surface area contributed by atoms with Crippen LogP contribution in [0.2, 0.25) is 0 Å². The molecule has 1 saturated heterocycles. The molecule has 2 atom stereocenters. The maximum absolute atomic E-state index is 12.7. The van der Waals surface area contributed by atoms with Gasteiger partial charge in [0.05, 0.1) is 12.3 Å². The summed E-state index contributed by atoms with van der Waals surface area (Å²) in [5.41, 5.74) is 4.58. The first-order chi connectivity index (χ1) is 14.3. The zero-order chi connectivity index (χ0) is 21.7. The summed E-state index contributed by atoms with van der Waals surface area (Å²) in [6.45, 7) is 5.14. The molecule has 1 fully saturated rings. The van der Waals surface area contributed by atoms with Crippen LogP contribution in [0.25, 0.3) is 11.1 Å². The Hall–Kier alpha value is -2.38. The third kappa shape index (κ3) is 5.40. The van der Waals surface area contributed by atoms with Crippen molar-refractivity contribution in [1.29, 1.82) is 0 Å². The molecule has 0 saturated carbocycles. The number of hydrogen-bond donors (Lipinski definition) is 2. The molecule has 1 aliphatic rings. The SMILES string of the molecule is CCNC(=O)N1CCCC(NS(C)(=O)=O)C1Cc1cccc(-c2ccccc2)c1C. The van der Waals surface area contributed by atoms with Gasteiger partial charge in [-0.05, 0) is 55.4 Å². The minimum absolute atomic E-state index is 0.139. The molecule has 0 aromatic heterocycles. The number of nitrogens with one attached hydrogen (secondary N) is 2. The monoisotopic (exact) mass is 429 g/mol. The minimum atomic E-state index is -3.38. The Balaban J connectivity index is 1.95. The Kier molecular flexibility index (Phi) is 7.15. The zero-order valence-corrected chi connectivity index (χ0v) is 18.7. The lowest BCUT2D eigenvalue weighted by Crippen LogP contribution is -2.59. The van der Waals surface area contributed by atoms with Crippen molar-refractivity contribution >= 4 is 16.1 Å². The molecule has 0 aliphatic carbocycles. The van der Waals surface area contributed by atoms with Gasteiger partial charge < -0.3 is 10.2 Å². The topological polar surface area (TPSA) is 78.5 Å². The van der Waals surface area contributed by atoms with Crippen LogP contribution in [0, 0.1) is 6.92 Å². The van der Waals surface area contributed by atoms with E-state index in [1.165, 1.54) is 6.26 Å². The lowest BCUT2D eigenvalue weighted by molar-refractivity contribution is 0.134. The molecular weight excluding hydrogens is 398 g/mol. The largest absolute Gasteiger partial charge is 0.338 e. The summed E-state index contributed by atoms with van der Waals surface area (Å²) in [6.07, 6.45) is 3.25. The summed E-state index contributed by atoms with van der Waals surface area (Å²) in [4.78, 5) is 14.5. The van der Waals surface area contributed by atoms with Crippen LogP contribution < -0.4 is 10.0 Å². The van der Waals surface area contributed by atoms with Crippen molar-refractivity contribution < 1.29 is 13.2 Å². The van der Waals surface area contributed by atoms with Gasteiger partial charge in [-0.2, -0.15) is 0 Å². The molecule has 0 radical (unpaired) electrons. The highest BCUT2D eigenvalue weighted by molar-refractivity contribution is 7.88. The molecule has 0 bridgehead atoms. The summed E-state index contributed by atoms with van der Waals surface area (Å²) in [6, 6.07) is 15.7. The van der Waals surface area contributed by atoms with Crippen LogP contribution >= 0.6 is 0 Å². The number of carbonyl (C=O) groups is 1. The summed E-state index contributed by atoms with van der Waals surface area (Å²) >= 11 is 0. The van der Waals surface area contributed by atoms with Gasteiger partial charge in [0.2, 0.25) is 10.0 Å². The quantitative estimate of drug-likeness (QED) is 0.739. The maximum atomic E-state index is 12.7. The van der Waals surface area contributed by atoms with Crippen LogP contribution in [0.1, 0.15) is 30.9 Å². The predicted octanol–water partition coefficient (Wildman–Crippen LogP) is 3.32. The molecule has 2 aromatic carbocycles. The van der Waals surface area contributed by atoms with Gasteiger partial charge in [0.1, 0.15) is 0 Å². The summed E-state index contributed by atoms with van der Waals surface area (Å²) in [5, 5.41) is 2.88. The van der Waals surface area contributed by atoms with E-state index in [1.807, 2.05) is 31.2 Å². The lowest BCUT2D eigenvalue weighted by atomic mass is 9.88. The van der Waals surface area contributed by atoms with Gasteiger partial charge >= 0.3 is 6.03 Å². The van der Waals surface area contributed by atoms with E-state index >= 15 is 0 Å². The number of piperidine rings is 1. The van der Waals surface area contributed by atoms with Crippen molar-refractivity contribution in [3.8, 4) is 11.1 Å². The molecule has 2 aromatic rings. The number of nitrogens with zero attached hydrogens (tertiary/aromatic N) is 1. The Labute approximate surface area is 179 Å². The van der Waals surface area contributed by atoms with Gasteiger partial charge in [-0.15, -0.1) is 0 Å². The molecule has 3 rings (SSSR count). The van der Waals surface area contributed by atoms with Gasteiger partial charge in [0, 0.05) is 19.1 Å². The minimum Gasteiger partial charge on any atom is -0.338 e. The average molecular weight is 430 g/mol. The van der Waals surface area contributed by atoms with Crippen molar-refractivity contribution in [3.05, 3.63) is 59.7 Å². The van der Waals surface area contributed by atoms with E-state index in [9.17, 15) is 13.2 Å². The van der Waals surface area contributed by atoms with Crippen LogP contribution in [0.3, 0.4) is 0 Å². The molecule has 162 valence electrons. The van der Waals surface area contributed by atoms with Crippen LogP contribution in [0.15, 0.2) is 48.5 Å². The molecule has 30 heavy (non-hydrogen) atoms. The highest BCUT2D eigenvalue weighted by Gasteiger charge is 2.36. The van der Waals surface area contributed by atoms with E-state index in [2.05, 4.69) is 41.2 Å². The fraction of sp³-hybridized carbons (Fsp3) is 0.435. The van der Waals surface area contributed by atoms with Crippen molar-refractivity contribution in [2.45, 2.75) is 45.2 Å². The third-order valence-corrected chi connectivity index (χ3v) is 6.42. The van der Waals surface area contributed by atoms with Gasteiger partial charge in [0.25, 0.3) is 0 Å². The number of hydrogen-bond acceptors (Lipinski definition) is 3. The highest BCUT2D eigenvalue weighted by atomic mass is 32.2. The second kappa shape index (κ2) is 9.62. The molecule has 2 amide bonds. The number of sulfonamides is 1. The Morgan fingerprint density at radius 2 is 1.87 bits per heavy atom. The number of carbonyl (C=O) groups excluding carboxylic acids is 1. The first kappa shape index (κ1) is 22.3. The van der Waals surface area contributed by atoms with Crippen LogP contribution in [0.5, 0.6) is 0 Å². The second-order valence-electron chi connectivity index (χ2n) is 7.89. The van der Waals surface area contributed by atoms with Crippen molar-refractivity contribution in [2.75, 3.05) is 19.3 Å². The molecule has 1 heterocycles. The first-order valence-corrected chi connectivity index (χ1v) is 12.3. The number of amides is 2. The number of likely N-dealkylation sites (tertiary alicyclic amines) is 1. The van der Waals surface area contributed by atoms with E-state index in [1.54, 1.807) is 4.90 Å². The standard InChI is InChI=1S/C23H31N3O3S/c1-4-24-23(27)26-15-9-14-21(25-30(3,28)29)22(26)16-19-12-8-13-20(17(19)2)18-10-6-5-7-11-18/h5-8,10-13,21-22,25H,4,9,14-16H2,1-3H3,(H,24,27). The average Bonchev–Trinajstić information content (AvgIpc) is 2.70. The zero-order valence-electron chi connectivity index (χ0n) is 17.9. The van der Waals surface area contributed by atoms with E-state index < -0.39 is 10.0 Å². The lowest BCUT2D eigenvalue weighted by Gasteiger charge is -2.41. The van der Waals surface area contributed by atoms with Gasteiger partial charge in [-0.3, -0.25) is 0 Å². The normalized spacial score (nSPS) is 19.5. The molecule has 6 nitrogen and oxygen atoms in total. The van der Waals surface area contributed by atoms with Crippen molar-refractivity contribution in [3.63, 3.8) is 0 Å². The summed E-state index contributed by atoms with van der Waals surface area (Å²) in [5.74, 6) is 0. The van der Waals surface area contributed by atoms with E-state index in [0.29, 0.717) is 25.9 Å². The van der Waals surface area contributed by atoms with Crippen molar-refractivity contribution in [1.82, 2.24) is 14.9 Å². The highest BCUT2D eigenvalue weighted by Crippen LogP contribution is 2.29. The number of benzene rings is 2. The second-order valence-corrected chi connectivity index (χ2v) is 9.67. The van der Waals surface area contributed by atoms with E-state index in [0.717, 1.165) is 28.7 Å². The Bertz CT molecular complexity index is 976. The van der Waals surface area contributed by atoms with Gasteiger partial charge in [-0.1, -0.05) is 48.5 Å². The Morgan fingerprint density at radius 1 is 1.13 bits per heavy atom. The van der Waals surface area contributed by atoms with Crippen LogP contribution in [0.4, 0.5) is 4.79 Å². The molecule has 2 unspecified atom stereocenters. The fourth-order valence-corrected chi connectivity index (χ4v) is 5.11. The fourth-order valence-electron chi connectivity index (χ4n) is 4.29. The molecule has 0 spiro atoms. The third-order valence-electron chi connectivity index (χ3n) is 5.69. The van der Waals surface area contributed by atoms with Crippen LogP contribution in [-0.2, 0) is 16.4 Å². The van der Waals surface area contributed by atoms with E-state index in [-0.39, 0.29) is 18.1 Å². The van der Waals surface area contributed by atoms with Crippen molar-refractivity contribution in [2.24, 2.45) is 0 Å². The van der Waals surface area contributed by atoms with Crippen LogP contribution in [-0.4, -0.2) is 50.8 Å². The van der Waals surface area contributed by atoms with E-state index in [4.69, 9.17) is 0 Å². The smallest absolute Gasteiger partial charge is 0.317 e. The number of urea groups is 1. The predicted molar refractivity (Wildman–Crippen MR) is 121 cm³/mol. The van der Waals surface area contributed by atoms with Gasteiger partial charge in [0.15, 0.2) is 0 Å². The Morgan fingerprint density at radius 3 is 2.53 bits per heavy atom. The number of rotatable bonds is 6. The molecular formula is C23H31N3O3S. The maximum Gasteiger partial charge on any atom is 0.317 e. The summed E-state index contributed by atoms with van der Waals surface area (Å²) in [7, 11) is -3.38. The van der Waals surface area contributed by atoms with Gasteiger partial charge in [-0.25, -0.2) is 17.9 Å².